The SMILES string of the molecule is Cc1cccc(C)c1-c1cc(OCC(CC(C)(C)C)NC2CC(CCNC(=O)OC(C)(C)C)C2)nc(NS(=O)(=O)c2cccc(C(=O)O)c2)n1. The molecule has 3 aromatic rings. The fourth-order valence-corrected chi connectivity index (χ4v) is 7.08. The molecule has 13 heteroatoms. The van der Waals surface area contributed by atoms with Crippen LogP contribution >= 0.6 is 0 Å². The highest BCUT2D eigenvalue weighted by molar-refractivity contribution is 7.92. The molecule has 0 saturated heterocycles. The van der Waals surface area contributed by atoms with Crippen molar-refractivity contribution in [2.45, 2.75) is 104 Å². The van der Waals surface area contributed by atoms with Gasteiger partial charge in [0.15, 0.2) is 0 Å². The van der Waals surface area contributed by atoms with Crippen molar-refractivity contribution in [3.63, 3.8) is 0 Å². The van der Waals surface area contributed by atoms with E-state index < -0.39 is 27.7 Å². The largest absolute Gasteiger partial charge is 0.478 e. The Kier molecular flexibility index (Phi) is 12.2. The van der Waals surface area contributed by atoms with E-state index in [0.29, 0.717) is 24.2 Å². The average molecular weight is 710 g/mol. The number of rotatable bonds is 14. The van der Waals surface area contributed by atoms with Gasteiger partial charge in [0.2, 0.25) is 11.8 Å². The smallest absolute Gasteiger partial charge is 0.407 e. The van der Waals surface area contributed by atoms with Crippen molar-refractivity contribution in [3.8, 4) is 17.1 Å². The van der Waals surface area contributed by atoms with Crippen molar-refractivity contribution in [2.75, 3.05) is 17.9 Å². The first-order valence-electron chi connectivity index (χ1n) is 17.0. The number of carboxylic acids is 1. The van der Waals surface area contributed by atoms with E-state index in [-0.39, 0.29) is 40.4 Å². The normalized spacial score (nSPS) is 17.0. The highest BCUT2D eigenvalue weighted by Crippen LogP contribution is 2.33. The number of hydrogen-bond donors (Lipinski definition) is 4. The molecule has 2 aromatic carbocycles. The summed E-state index contributed by atoms with van der Waals surface area (Å²) in [6.45, 7) is 16.8. The second-order valence-corrected chi connectivity index (χ2v) is 17.0. The molecule has 1 aliphatic rings. The van der Waals surface area contributed by atoms with Crippen LogP contribution in [-0.4, -0.2) is 66.4 Å². The number of aryl methyl sites for hydroxylation is 2. The monoisotopic (exact) mass is 709 g/mol. The molecule has 272 valence electrons. The van der Waals surface area contributed by atoms with Gasteiger partial charge in [0.05, 0.1) is 16.2 Å². The summed E-state index contributed by atoms with van der Waals surface area (Å²) in [4.78, 5) is 32.2. The molecule has 1 atom stereocenters. The molecule has 1 aromatic heterocycles. The molecule has 1 aliphatic carbocycles. The third-order valence-electron chi connectivity index (χ3n) is 8.28. The summed E-state index contributed by atoms with van der Waals surface area (Å²) in [6.07, 6.45) is 3.26. The number of carbonyl (C=O) groups is 2. The van der Waals surface area contributed by atoms with E-state index in [4.69, 9.17) is 9.47 Å². The molecule has 1 fully saturated rings. The molecule has 1 unspecified atom stereocenters. The number of amides is 1. The molecule has 0 aliphatic heterocycles. The van der Waals surface area contributed by atoms with Crippen molar-refractivity contribution in [1.82, 2.24) is 20.6 Å². The molecule has 1 saturated carbocycles. The number of aromatic nitrogens is 2. The Hall–Kier alpha value is -4.23. The minimum absolute atomic E-state index is 0.00187. The van der Waals surface area contributed by atoms with E-state index in [1.807, 2.05) is 52.8 Å². The number of aromatic carboxylic acids is 1. The molecule has 0 radical (unpaired) electrons. The van der Waals surface area contributed by atoms with Crippen LogP contribution in [0.1, 0.15) is 88.7 Å². The number of sulfonamides is 1. The Morgan fingerprint density at radius 3 is 2.26 bits per heavy atom. The van der Waals surface area contributed by atoms with E-state index in [0.717, 1.165) is 48.4 Å². The summed E-state index contributed by atoms with van der Waals surface area (Å²) in [7, 11) is -4.23. The standard InChI is InChI=1S/C37H51N5O7S/c1-23-11-9-12-24(2)32(23)30-20-31(41-34(40-30)42-50(46,47)29-14-10-13-26(19-29)33(43)44)48-22-28(21-36(3,4)5)39-27-17-25(18-27)15-16-38-35(45)49-37(6,7)8/h9-14,19-20,25,27-28,39H,15-18,21-22H2,1-8H3,(H,38,45)(H,43,44)(H,40,41,42). The Balaban J connectivity index is 1.49. The molecular formula is C37H51N5O7S. The fourth-order valence-electron chi connectivity index (χ4n) is 6.09. The van der Waals surface area contributed by atoms with Gasteiger partial charge in [0.25, 0.3) is 10.0 Å². The average Bonchev–Trinajstić information content (AvgIpc) is 2.96. The molecule has 50 heavy (non-hydrogen) atoms. The summed E-state index contributed by atoms with van der Waals surface area (Å²) >= 11 is 0. The van der Waals surface area contributed by atoms with E-state index in [1.54, 1.807) is 6.07 Å². The molecular weight excluding hydrogens is 659 g/mol. The number of hydrogen-bond acceptors (Lipinski definition) is 9. The van der Waals surface area contributed by atoms with Crippen LogP contribution in [0, 0.1) is 25.2 Å². The van der Waals surface area contributed by atoms with Crippen LogP contribution < -0.4 is 20.1 Å². The van der Waals surface area contributed by atoms with Gasteiger partial charge in [0, 0.05) is 30.3 Å². The molecule has 4 N–H and O–H groups in total. The summed E-state index contributed by atoms with van der Waals surface area (Å²) in [5.74, 6) is -0.734. The van der Waals surface area contributed by atoms with E-state index in [9.17, 15) is 23.1 Å². The zero-order valence-corrected chi connectivity index (χ0v) is 31.1. The Labute approximate surface area is 295 Å². The lowest BCUT2D eigenvalue weighted by atomic mass is 9.77. The maximum atomic E-state index is 13.4. The van der Waals surface area contributed by atoms with E-state index >= 15 is 0 Å². The predicted molar refractivity (Wildman–Crippen MR) is 193 cm³/mol. The van der Waals surface area contributed by atoms with Crippen LogP contribution in [0.25, 0.3) is 11.3 Å². The van der Waals surface area contributed by atoms with Gasteiger partial charge in [-0.05, 0) is 101 Å². The molecule has 0 spiro atoms. The summed E-state index contributed by atoms with van der Waals surface area (Å²) in [6, 6.07) is 12.9. The summed E-state index contributed by atoms with van der Waals surface area (Å²) in [5, 5.41) is 16.0. The second-order valence-electron chi connectivity index (χ2n) is 15.3. The van der Waals surface area contributed by atoms with Gasteiger partial charge in [-0.2, -0.15) is 4.98 Å². The van der Waals surface area contributed by atoms with Crippen molar-refractivity contribution in [2.24, 2.45) is 11.3 Å². The van der Waals surface area contributed by atoms with Gasteiger partial charge >= 0.3 is 12.1 Å². The second kappa shape index (κ2) is 15.8. The van der Waals surface area contributed by atoms with Crippen LogP contribution in [-0.2, 0) is 14.8 Å². The number of nitrogens with zero attached hydrogens (tertiary/aromatic N) is 2. The van der Waals surface area contributed by atoms with Crippen molar-refractivity contribution in [1.29, 1.82) is 0 Å². The lowest BCUT2D eigenvalue weighted by Crippen LogP contribution is -2.50. The first-order valence-corrected chi connectivity index (χ1v) is 18.4. The third kappa shape index (κ3) is 11.4. The lowest BCUT2D eigenvalue weighted by Gasteiger charge is -2.39. The van der Waals surface area contributed by atoms with Gasteiger partial charge in [-0.15, -0.1) is 0 Å². The quantitative estimate of drug-likeness (QED) is 0.141. The van der Waals surface area contributed by atoms with Gasteiger partial charge in [-0.3, -0.25) is 0 Å². The molecule has 0 bridgehead atoms. The number of anilines is 1. The number of carboxylic acid groups (broad SMARTS) is 1. The van der Waals surface area contributed by atoms with E-state index in [1.165, 1.54) is 18.2 Å². The number of benzene rings is 2. The Bertz CT molecular complexity index is 1760. The molecule has 1 amide bonds. The highest BCUT2D eigenvalue weighted by atomic mass is 32.2. The number of ether oxygens (including phenoxy) is 2. The van der Waals surface area contributed by atoms with E-state index in [2.05, 4.69) is 46.1 Å². The van der Waals surface area contributed by atoms with Crippen LogP contribution in [0.3, 0.4) is 0 Å². The minimum Gasteiger partial charge on any atom is -0.478 e. The number of carbonyl (C=O) groups excluding carboxylic acids is 1. The fraction of sp³-hybridized carbons (Fsp3) is 0.514. The topological polar surface area (TPSA) is 169 Å². The zero-order valence-electron chi connectivity index (χ0n) is 30.3. The minimum atomic E-state index is -4.23. The van der Waals surface area contributed by atoms with Crippen molar-refractivity contribution < 1.29 is 32.6 Å². The van der Waals surface area contributed by atoms with Crippen LogP contribution in [0.4, 0.5) is 10.7 Å². The third-order valence-corrected chi connectivity index (χ3v) is 9.60. The Morgan fingerprint density at radius 2 is 1.64 bits per heavy atom. The van der Waals surface area contributed by atoms with Gasteiger partial charge < -0.3 is 25.2 Å². The van der Waals surface area contributed by atoms with Crippen LogP contribution in [0.2, 0.25) is 0 Å². The predicted octanol–water partition coefficient (Wildman–Crippen LogP) is 6.73. The Morgan fingerprint density at radius 1 is 0.980 bits per heavy atom. The van der Waals surface area contributed by atoms with Crippen LogP contribution in [0.5, 0.6) is 5.88 Å². The van der Waals surface area contributed by atoms with Gasteiger partial charge in [-0.25, -0.2) is 27.7 Å². The maximum absolute atomic E-state index is 13.4. The molecule has 12 nitrogen and oxygen atoms in total. The number of nitrogens with one attached hydrogen (secondary N) is 3. The summed E-state index contributed by atoms with van der Waals surface area (Å²) in [5.41, 5.74) is 2.54. The first kappa shape index (κ1) is 38.6. The lowest BCUT2D eigenvalue weighted by molar-refractivity contribution is 0.0519. The first-order chi connectivity index (χ1) is 23.3. The summed E-state index contributed by atoms with van der Waals surface area (Å²) < 4.78 is 40.8. The van der Waals surface area contributed by atoms with Crippen LogP contribution in [0.15, 0.2) is 53.4 Å². The van der Waals surface area contributed by atoms with Crippen molar-refractivity contribution >= 4 is 28.0 Å². The van der Waals surface area contributed by atoms with Crippen molar-refractivity contribution in [3.05, 3.63) is 65.2 Å². The molecule has 1 heterocycles. The highest BCUT2D eigenvalue weighted by Gasteiger charge is 2.32. The number of alkyl carbamates (subject to hydrolysis) is 1. The maximum Gasteiger partial charge on any atom is 0.407 e. The van der Waals surface area contributed by atoms with Gasteiger partial charge in [-0.1, -0.05) is 45.0 Å². The zero-order chi connectivity index (χ0) is 36.9. The van der Waals surface area contributed by atoms with Gasteiger partial charge in [0.1, 0.15) is 12.2 Å². The molecule has 4 rings (SSSR count).